The maximum atomic E-state index is 13.1. The van der Waals surface area contributed by atoms with Gasteiger partial charge in [0.1, 0.15) is 0 Å². The van der Waals surface area contributed by atoms with Crippen molar-refractivity contribution in [3.63, 3.8) is 0 Å². The van der Waals surface area contributed by atoms with Crippen molar-refractivity contribution in [3.8, 4) is 0 Å². The van der Waals surface area contributed by atoms with Crippen LogP contribution in [0.3, 0.4) is 0 Å². The third-order valence-corrected chi connectivity index (χ3v) is 6.70. The van der Waals surface area contributed by atoms with E-state index in [-0.39, 0.29) is 0 Å². The van der Waals surface area contributed by atoms with E-state index in [9.17, 15) is 4.21 Å². The second-order valence-corrected chi connectivity index (χ2v) is 8.64. The summed E-state index contributed by atoms with van der Waals surface area (Å²) < 4.78 is 16.3. The first-order valence-corrected chi connectivity index (χ1v) is 11.2. The molecular weight excluding hydrogens is 392 g/mol. The predicted octanol–water partition coefficient (Wildman–Crippen LogP) is 4.64. The quantitative estimate of drug-likeness (QED) is 0.529. The summed E-state index contributed by atoms with van der Waals surface area (Å²) in [6.45, 7) is 3.56. The summed E-state index contributed by atoms with van der Waals surface area (Å²) in [4.78, 5) is 12.7. The van der Waals surface area contributed by atoms with Crippen molar-refractivity contribution < 1.29 is 4.21 Å². The van der Waals surface area contributed by atoms with E-state index >= 15 is 0 Å². The fourth-order valence-electron chi connectivity index (χ4n) is 3.86. The third kappa shape index (κ3) is 3.55. The van der Waals surface area contributed by atoms with Gasteiger partial charge in [-0.25, -0.2) is 14.2 Å². The Hall–Kier alpha value is -3.25. The van der Waals surface area contributed by atoms with Gasteiger partial charge >= 0.3 is 0 Å². The van der Waals surface area contributed by atoms with Crippen LogP contribution in [0.4, 0.5) is 11.6 Å². The lowest BCUT2D eigenvalue weighted by Gasteiger charge is -2.31. The van der Waals surface area contributed by atoms with Crippen molar-refractivity contribution in [3.05, 3.63) is 89.5 Å². The van der Waals surface area contributed by atoms with E-state index in [1.54, 1.807) is 0 Å². The topological polar surface area (TPSA) is 58.1 Å². The molecule has 5 nitrogen and oxygen atoms in total. The van der Waals surface area contributed by atoms with Gasteiger partial charge in [0.25, 0.3) is 0 Å². The molecule has 5 rings (SSSR count). The van der Waals surface area contributed by atoms with Gasteiger partial charge in [-0.1, -0.05) is 54.6 Å². The molecule has 0 spiro atoms. The number of hydrogen-bond acceptors (Lipinski definition) is 4. The molecule has 1 aliphatic heterocycles. The maximum Gasteiger partial charge on any atom is 0.182 e. The van der Waals surface area contributed by atoms with Crippen LogP contribution in [0.2, 0.25) is 0 Å². The molecule has 3 aromatic carbocycles. The first-order valence-electron chi connectivity index (χ1n) is 10.0. The van der Waals surface area contributed by atoms with Crippen LogP contribution in [-0.2, 0) is 24.0 Å². The molecule has 0 fully saturated rings. The molecule has 1 N–H and O–H groups in total. The molecule has 6 heteroatoms. The van der Waals surface area contributed by atoms with Crippen LogP contribution in [0, 0.1) is 6.92 Å². The molecule has 1 unspecified atom stereocenters. The second-order valence-electron chi connectivity index (χ2n) is 7.46. The van der Waals surface area contributed by atoms with E-state index in [2.05, 4.69) is 33.9 Å². The molecule has 0 saturated carbocycles. The summed E-state index contributed by atoms with van der Waals surface area (Å²) in [5.41, 5.74) is 5.26. The van der Waals surface area contributed by atoms with Crippen LogP contribution in [0.25, 0.3) is 11.0 Å². The minimum atomic E-state index is -1.43. The van der Waals surface area contributed by atoms with Crippen molar-refractivity contribution in [1.82, 2.24) is 9.97 Å². The van der Waals surface area contributed by atoms with Gasteiger partial charge in [0.05, 0.1) is 15.9 Å². The Morgan fingerprint density at radius 2 is 1.53 bits per heavy atom. The molecule has 0 bridgehead atoms. The van der Waals surface area contributed by atoms with Gasteiger partial charge in [0.15, 0.2) is 22.6 Å². The fourth-order valence-corrected chi connectivity index (χ4v) is 4.85. The van der Waals surface area contributed by atoms with E-state index in [0.717, 1.165) is 46.8 Å². The van der Waals surface area contributed by atoms with E-state index in [1.807, 2.05) is 55.5 Å². The molecule has 0 radical (unpaired) electrons. The monoisotopic (exact) mass is 414 g/mol. The molecule has 1 aromatic heterocycles. The van der Waals surface area contributed by atoms with Gasteiger partial charge in [-0.05, 0) is 48.2 Å². The van der Waals surface area contributed by atoms with Crippen LogP contribution in [-0.4, -0.2) is 20.7 Å². The smallest absolute Gasteiger partial charge is 0.182 e. The number of aryl methyl sites for hydroxylation is 1. The number of hydrogen-bond donors (Lipinski definition) is 1. The van der Waals surface area contributed by atoms with Crippen molar-refractivity contribution in [1.29, 1.82) is 0 Å². The average Bonchev–Trinajstić information content (AvgIpc) is 2.78. The van der Waals surface area contributed by atoms with Crippen molar-refractivity contribution in [2.75, 3.05) is 16.2 Å². The average molecular weight is 415 g/mol. The molecule has 150 valence electrons. The fraction of sp³-hybridized carbons (Fsp3) is 0.167. The third-order valence-electron chi connectivity index (χ3n) is 5.47. The number of anilines is 2. The molecule has 2 heterocycles. The summed E-state index contributed by atoms with van der Waals surface area (Å²) in [5.74, 6) is 1.29. The van der Waals surface area contributed by atoms with Gasteiger partial charge in [0.2, 0.25) is 0 Å². The molecule has 4 aromatic rings. The molecule has 1 aliphatic rings. The van der Waals surface area contributed by atoms with Gasteiger partial charge < -0.3 is 4.90 Å². The Kier molecular flexibility index (Phi) is 4.93. The van der Waals surface area contributed by atoms with Gasteiger partial charge in [0, 0.05) is 13.1 Å². The minimum Gasteiger partial charge on any atom is -0.349 e. The Morgan fingerprint density at radius 3 is 2.33 bits per heavy atom. The lowest BCUT2D eigenvalue weighted by atomic mass is 10.00. The van der Waals surface area contributed by atoms with Crippen LogP contribution in [0.1, 0.15) is 16.7 Å². The Morgan fingerprint density at radius 1 is 0.867 bits per heavy atom. The highest BCUT2D eigenvalue weighted by Crippen LogP contribution is 2.30. The standard InChI is InChI=1S/C24H22N4OS/c1-17-8-2-7-13-22(17)30(29)27-23-24(26-21-12-6-5-11-20(21)25-23)28-15-14-18-9-3-4-10-19(18)16-28/h2-13H,14-16H2,1H3,(H,25,27). The van der Waals surface area contributed by atoms with Gasteiger partial charge in [-0.3, -0.25) is 4.72 Å². The number of nitrogens with one attached hydrogen (secondary N) is 1. The van der Waals surface area contributed by atoms with Crippen LogP contribution < -0.4 is 9.62 Å². The lowest BCUT2D eigenvalue weighted by Crippen LogP contribution is -2.32. The number of rotatable bonds is 4. The van der Waals surface area contributed by atoms with Crippen LogP contribution in [0.15, 0.2) is 77.7 Å². The summed E-state index contributed by atoms with van der Waals surface area (Å²) >= 11 is 0. The summed E-state index contributed by atoms with van der Waals surface area (Å²) in [6.07, 6.45) is 0.949. The zero-order valence-electron chi connectivity index (χ0n) is 16.7. The minimum absolute atomic E-state index is 0.551. The van der Waals surface area contributed by atoms with Crippen LogP contribution in [0.5, 0.6) is 0 Å². The van der Waals surface area contributed by atoms with Crippen LogP contribution >= 0.6 is 0 Å². The number of aromatic nitrogens is 2. The number of benzene rings is 3. The van der Waals surface area contributed by atoms with E-state index < -0.39 is 11.0 Å². The van der Waals surface area contributed by atoms with Crippen molar-refractivity contribution in [2.45, 2.75) is 24.8 Å². The van der Waals surface area contributed by atoms with E-state index in [1.165, 1.54) is 11.1 Å². The van der Waals surface area contributed by atoms with Crippen molar-refractivity contribution in [2.24, 2.45) is 0 Å². The number of nitrogens with zero attached hydrogens (tertiary/aromatic N) is 3. The number of fused-ring (bicyclic) bond motifs is 2. The SMILES string of the molecule is Cc1ccccc1S(=O)Nc1nc2ccccc2nc1N1CCc2ccccc2C1. The van der Waals surface area contributed by atoms with Gasteiger partial charge in [-0.2, -0.15) is 0 Å². The van der Waals surface area contributed by atoms with Gasteiger partial charge in [-0.15, -0.1) is 0 Å². The van der Waals surface area contributed by atoms with Crippen molar-refractivity contribution >= 4 is 33.7 Å². The highest BCUT2D eigenvalue weighted by Gasteiger charge is 2.22. The molecular formula is C24H22N4OS. The highest BCUT2D eigenvalue weighted by atomic mass is 32.2. The second kappa shape index (κ2) is 7.88. The zero-order valence-corrected chi connectivity index (χ0v) is 17.5. The summed E-state index contributed by atoms with van der Waals surface area (Å²) in [5, 5.41) is 0. The van der Waals surface area contributed by atoms with E-state index in [0.29, 0.717) is 5.82 Å². The first-order chi connectivity index (χ1) is 14.7. The molecule has 0 amide bonds. The van der Waals surface area contributed by atoms with E-state index in [4.69, 9.17) is 9.97 Å². The number of para-hydroxylation sites is 2. The Bertz CT molecular complexity index is 1260. The highest BCUT2D eigenvalue weighted by molar-refractivity contribution is 7.86. The molecule has 1 atom stereocenters. The summed E-state index contributed by atoms with van der Waals surface area (Å²) in [6, 6.07) is 24.0. The summed E-state index contributed by atoms with van der Waals surface area (Å²) in [7, 11) is -1.43. The normalized spacial score (nSPS) is 14.4. The molecule has 0 aliphatic carbocycles. The molecule has 0 saturated heterocycles. The first kappa shape index (κ1) is 18.8. The lowest BCUT2D eigenvalue weighted by molar-refractivity contribution is 0.685. The Labute approximate surface area is 178 Å². The molecule has 30 heavy (non-hydrogen) atoms. The Balaban J connectivity index is 1.55. The maximum absolute atomic E-state index is 13.1. The predicted molar refractivity (Wildman–Crippen MR) is 122 cm³/mol. The zero-order chi connectivity index (χ0) is 20.5. The largest absolute Gasteiger partial charge is 0.349 e.